The molecule has 2 heterocycles. The molecule has 1 aromatic carbocycles. The van der Waals surface area contributed by atoms with Gasteiger partial charge in [-0.15, -0.1) is 35.3 Å². The predicted octanol–water partition coefficient (Wildman–Crippen LogP) is 3.61. The van der Waals surface area contributed by atoms with Crippen LogP contribution >= 0.6 is 35.3 Å². The predicted molar refractivity (Wildman–Crippen MR) is 125 cm³/mol. The fourth-order valence-corrected chi connectivity index (χ4v) is 3.86. The minimum absolute atomic E-state index is 0. The summed E-state index contributed by atoms with van der Waals surface area (Å²) in [6.45, 7) is 11.0. The molecular formula is C20H30IN5S. The number of thiazole rings is 1. The molecule has 7 heteroatoms. The van der Waals surface area contributed by atoms with Gasteiger partial charge in [0.05, 0.1) is 17.2 Å². The van der Waals surface area contributed by atoms with Crippen LogP contribution in [0.2, 0.25) is 0 Å². The first-order chi connectivity index (χ1) is 12.8. The zero-order valence-corrected chi connectivity index (χ0v) is 19.4. The average molecular weight is 499 g/mol. The summed E-state index contributed by atoms with van der Waals surface area (Å²) in [5.41, 5.74) is 2.46. The maximum Gasteiger partial charge on any atom is 0.194 e. The van der Waals surface area contributed by atoms with Crippen molar-refractivity contribution >= 4 is 41.3 Å². The fourth-order valence-electron chi connectivity index (χ4n) is 3.13. The van der Waals surface area contributed by atoms with Gasteiger partial charge < -0.3 is 10.2 Å². The summed E-state index contributed by atoms with van der Waals surface area (Å²) >= 11 is 1.73. The molecular weight excluding hydrogens is 469 g/mol. The number of rotatable bonds is 6. The van der Waals surface area contributed by atoms with Gasteiger partial charge in [0.2, 0.25) is 0 Å². The van der Waals surface area contributed by atoms with Crippen molar-refractivity contribution in [2.75, 3.05) is 32.7 Å². The Kier molecular flexibility index (Phi) is 9.50. The summed E-state index contributed by atoms with van der Waals surface area (Å²) in [6.07, 6.45) is 0.998. The van der Waals surface area contributed by atoms with Crippen LogP contribution in [-0.4, -0.2) is 53.5 Å². The van der Waals surface area contributed by atoms with E-state index in [1.54, 1.807) is 11.3 Å². The average Bonchev–Trinajstić information content (AvgIpc) is 3.15. The normalized spacial score (nSPS) is 15.5. The molecule has 1 saturated heterocycles. The summed E-state index contributed by atoms with van der Waals surface area (Å²) in [4.78, 5) is 14.3. The van der Waals surface area contributed by atoms with Crippen molar-refractivity contribution in [2.24, 2.45) is 4.99 Å². The molecule has 0 aliphatic carbocycles. The van der Waals surface area contributed by atoms with Crippen LogP contribution in [0.25, 0.3) is 0 Å². The maximum atomic E-state index is 4.82. The van der Waals surface area contributed by atoms with Gasteiger partial charge in [-0.05, 0) is 18.9 Å². The number of piperazine rings is 1. The molecule has 0 amide bonds. The largest absolute Gasteiger partial charge is 0.357 e. The van der Waals surface area contributed by atoms with Crippen LogP contribution in [0.3, 0.4) is 0 Å². The van der Waals surface area contributed by atoms with E-state index in [1.165, 1.54) is 10.6 Å². The zero-order chi connectivity index (χ0) is 18.2. The van der Waals surface area contributed by atoms with E-state index in [4.69, 9.17) is 4.99 Å². The molecule has 0 radical (unpaired) electrons. The van der Waals surface area contributed by atoms with Gasteiger partial charge in [0.1, 0.15) is 0 Å². The van der Waals surface area contributed by atoms with Gasteiger partial charge in [-0.2, -0.15) is 0 Å². The molecule has 5 nitrogen and oxygen atoms in total. The second-order valence-corrected chi connectivity index (χ2v) is 7.45. The van der Waals surface area contributed by atoms with Crippen LogP contribution < -0.4 is 5.32 Å². The molecule has 0 atom stereocenters. The van der Waals surface area contributed by atoms with E-state index in [0.29, 0.717) is 6.54 Å². The summed E-state index contributed by atoms with van der Waals surface area (Å²) in [7, 11) is 0. The van der Waals surface area contributed by atoms with Crippen LogP contribution in [-0.2, 0) is 19.5 Å². The van der Waals surface area contributed by atoms with E-state index in [-0.39, 0.29) is 24.0 Å². The van der Waals surface area contributed by atoms with Crippen LogP contribution in [0, 0.1) is 0 Å². The highest BCUT2D eigenvalue weighted by Gasteiger charge is 2.19. The van der Waals surface area contributed by atoms with Gasteiger partial charge in [0.25, 0.3) is 0 Å². The molecule has 1 aliphatic heterocycles. The van der Waals surface area contributed by atoms with E-state index in [2.05, 4.69) is 69.7 Å². The van der Waals surface area contributed by atoms with Crippen molar-refractivity contribution in [2.45, 2.75) is 33.4 Å². The lowest BCUT2D eigenvalue weighted by atomic mass is 10.2. The molecule has 0 saturated carbocycles. The lowest BCUT2D eigenvalue weighted by molar-refractivity contribution is 0.172. The van der Waals surface area contributed by atoms with Crippen LogP contribution in [0.4, 0.5) is 0 Å². The van der Waals surface area contributed by atoms with Gasteiger partial charge >= 0.3 is 0 Å². The first kappa shape index (κ1) is 22.1. The monoisotopic (exact) mass is 499 g/mol. The Balaban J connectivity index is 0.00000261. The second kappa shape index (κ2) is 11.6. The van der Waals surface area contributed by atoms with E-state index in [0.717, 1.165) is 57.3 Å². The third-order valence-electron chi connectivity index (χ3n) is 4.55. The molecule has 1 aromatic heterocycles. The number of nitrogens with zero attached hydrogens (tertiary/aromatic N) is 4. The van der Waals surface area contributed by atoms with Crippen LogP contribution in [0.15, 0.2) is 40.7 Å². The number of aryl methyl sites for hydroxylation is 1. The van der Waals surface area contributed by atoms with Crippen molar-refractivity contribution in [3.8, 4) is 0 Å². The second-order valence-electron chi connectivity index (χ2n) is 6.51. The van der Waals surface area contributed by atoms with Gasteiger partial charge in [0, 0.05) is 44.6 Å². The number of halogens is 1. The van der Waals surface area contributed by atoms with E-state index >= 15 is 0 Å². The molecule has 0 bridgehead atoms. The molecule has 27 heavy (non-hydrogen) atoms. The molecule has 3 rings (SSSR count). The zero-order valence-electron chi connectivity index (χ0n) is 16.2. The van der Waals surface area contributed by atoms with Gasteiger partial charge in [0.15, 0.2) is 5.96 Å². The standard InChI is InChI=1S/C20H29N5S.HI/c1-3-19-23-18(16-26-19)14-22-20(21-4-2)25-12-10-24(11-13-25)15-17-8-6-5-7-9-17;/h5-9,16H,3-4,10-15H2,1-2H3,(H,21,22);1H. The van der Waals surface area contributed by atoms with Crippen molar-refractivity contribution in [1.82, 2.24) is 20.1 Å². The Morgan fingerprint density at radius 1 is 1.15 bits per heavy atom. The number of aliphatic imine (C=N–C) groups is 1. The Morgan fingerprint density at radius 3 is 2.52 bits per heavy atom. The highest BCUT2D eigenvalue weighted by molar-refractivity contribution is 14.0. The topological polar surface area (TPSA) is 43.8 Å². The van der Waals surface area contributed by atoms with Gasteiger partial charge in [-0.25, -0.2) is 9.98 Å². The maximum absolute atomic E-state index is 4.82. The van der Waals surface area contributed by atoms with Crippen LogP contribution in [0.5, 0.6) is 0 Å². The molecule has 0 unspecified atom stereocenters. The number of nitrogens with one attached hydrogen (secondary N) is 1. The summed E-state index contributed by atoms with van der Waals surface area (Å²) < 4.78 is 0. The van der Waals surface area contributed by atoms with Crippen molar-refractivity contribution in [3.05, 3.63) is 52.0 Å². The molecule has 148 valence electrons. The number of benzene rings is 1. The van der Waals surface area contributed by atoms with Gasteiger partial charge in [-0.3, -0.25) is 4.90 Å². The SMILES string of the molecule is CCNC(=NCc1csc(CC)n1)N1CCN(Cc2ccccc2)CC1.I. The molecule has 2 aromatic rings. The molecule has 1 N–H and O–H groups in total. The minimum atomic E-state index is 0. The van der Waals surface area contributed by atoms with Gasteiger partial charge in [-0.1, -0.05) is 37.3 Å². The lowest BCUT2D eigenvalue weighted by Crippen LogP contribution is -2.52. The first-order valence-electron chi connectivity index (χ1n) is 9.51. The van der Waals surface area contributed by atoms with Crippen molar-refractivity contribution < 1.29 is 0 Å². The molecule has 0 spiro atoms. The number of aromatic nitrogens is 1. The third kappa shape index (κ3) is 6.73. The molecule has 1 aliphatic rings. The lowest BCUT2D eigenvalue weighted by Gasteiger charge is -2.36. The Hall–Kier alpha value is -1.19. The van der Waals surface area contributed by atoms with Crippen molar-refractivity contribution in [3.63, 3.8) is 0 Å². The van der Waals surface area contributed by atoms with E-state index in [1.807, 2.05) is 0 Å². The fraction of sp³-hybridized carbons (Fsp3) is 0.500. The summed E-state index contributed by atoms with van der Waals surface area (Å²) in [5.74, 6) is 1.01. The number of guanidine groups is 1. The van der Waals surface area contributed by atoms with Crippen LogP contribution in [0.1, 0.15) is 30.1 Å². The first-order valence-corrected chi connectivity index (χ1v) is 10.4. The van der Waals surface area contributed by atoms with Crippen molar-refractivity contribution in [1.29, 1.82) is 0 Å². The van der Waals surface area contributed by atoms with E-state index < -0.39 is 0 Å². The quantitative estimate of drug-likeness (QED) is 0.375. The summed E-state index contributed by atoms with van der Waals surface area (Å²) in [6, 6.07) is 10.7. The molecule has 1 fully saturated rings. The Morgan fingerprint density at radius 2 is 1.89 bits per heavy atom. The number of hydrogen-bond donors (Lipinski definition) is 1. The highest BCUT2D eigenvalue weighted by atomic mass is 127. The number of hydrogen-bond acceptors (Lipinski definition) is 4. The minimum Gasteiger partial charge on any atom is -0.357 e. The third-order valence-corrected chi connectivity index (χ3v) is 5.59. The highest BCUT2D eigenvalue weighted by Crippen LogP contribution is 2.12. The smallest absolute Gasteiger partial charge is 0.194 e. The Labute approximate surface area is 183 Å². The summed E-state index contributed by atoms with van der Waals surface area (Å²) in [5, 5.41) is 6.76. The van der Waals surface area contributed by atoms with E-state index in [9.17, 15) is 0 Å². The Bertz CT molecular complexity index is 695.